The van der Waals surface area contributed by atoms with Crippen molar-refractivity contribution >= 4 is 35.4 Å². The molecule has 26 nitrogen and oxygen atoms in total. The Kier molecular flexibility index (Phi) is 29.8. The van der Waals surface area contributed by atoms with E-state index in [1.54, 1.807) is 13.8 Å². The monoisotopic (exact) mass is 901 g/mol. The highest BCUT2D eigenvalue weighted by molar-refractivity contribution is 5.81. The van der Waals surface area contributed by atoms with Crippen LogP contribution in [0.2, 0.25) is 0 Å². The van der Waals surface area contributed by atoms with Crippen LogP contribution in [-0.4, -0.2) is 148 Å². The second-order valence-electron chi connectivity index (χ2n) is 14.3. The zero-order valence-corrected chi connectivity index (χ0v) is 37.4. The normalized spacial score (nSPS) is 11.8. The molecule has 0 bridgehead atoms. The molecular weight excluding hydrogens is 837 g/mol. The van der Waals surface area contributed by atoms with Gasteiger partial charge in [0, 0.05) is 45.3 Å². The van der Waals surface area contributed by atoms with Gasteiger partial charge in [0.25, 0.3) is 0 Å². The van der Waals surface area contributed by atoms with Crippen LogP contribution in [0, 0.1) is 13.8 Å². The molecule has 3 aromatic rings. The molecule has 3 unspecified atom stereocenters. The first-order valence-electron chi connectivity index (χ1n) is 21.0. The maximum atomic E-state index is 11.6. The molecule has 26 heteroatoms. The second-order valence-corrected chi connectivity index (χ2v) is 14.3. The molecule has 0 saturated carbocycles. The lowest BCUT2D eigenvalue weighted by atomic mass is 10.1. The molecule has 3 rings (SSSR count). The highest BCUT2D eigenvalue weighted by Crippen LogP contribution is 2.02. The van der Waals surface area contributed by atoms with Crippen LogP contribution < -0.4 is 33.2 Å². The third kappa shape index (κ3) is 29.9. The molecule has 0 aromatic carbocycles. The van der Waals surface area contributed by atoms with Crippen molar-refractivity contribution in [3.05, 3.63) is 35.4 Å². The molecule has 3 heterocycles. The quantitative estimate of drug-likeness (QED) is 0.0513. The number of aryl methyl sites for hydroxylation is 3. The first kappa shape index (κ1) is 55.7. The minimum atomic E-state index is -0.497. The number of carbonyl (C=O) groups is 6. The molecule has 3 aromatic heterocycles. The molecule has 0 saturated heterocycles. The average Bonchev–Trinajstić information content (AvgIpc) is 3.27. The molecule has 0 spiro atoms. The highest BCUT2D eigenvalue weighted by atomic mass is 16.6. The van der Waals surface area contributed by atoms with E-state index in [0.717, 1.165) is 38.5 Å². The fraction of sp³-hybridized carbons (Fsp3) is 0.684. The number of hydrogen-bond donors (Lipinski definition) is 6. The van der Waals surface area contributed by atoms with E-state index in [1.807, 2.05) is 0 Å². The summed E-state index contributed by atoms with van der Waals surface area (Å²) < 4.78 is 9.93. The maximum absolute atomic E-state index is 11.6. The van der Waals surface area contributed by atoms with Crippen molar-refractivity contribution in [2.45, 2.75) is 136 Å². The molecular formula is C38H64N18O8. The highest BCUT2D eigenvalue weighted by Gasteiger charge is 2.11. The van der Waals surface area contributed by atoms with Crippen molar-refractivity contribution in [2.75, 3.05) is 32.8 Å². The molecule has 64 heavy (non-hydrogen) atoms. The lowest BCUT2D eigenvalue weighted by molar-refractivity contribution is -0.121. The maximum Gasteiger partial charge on any atom is 0.407 e. The van der Waals surface area contributed by atoms with Gasteiger partial charge in [-0.25, -0.2) is 9.59 Å². The summed E-state index contributed by atoms with van der Waals surface area (Å²) in [4.78, 5) is 67.2. The van der Waals surface area contributed by atoms with Crippen LogP contribution in [-0.2, 0) is 47.9 Å². The van der Waals surface area contributed by atoms with E-state index >= 15 is 0 Å². The number of Topliss-reactive ketones (excluding diaryl/α,β-unsaturated/α-hetero) is 3. The number of ketones is 3. The van der Waals surface area contributed by atoms with E-state index in [0.29, 0.717) is 93.7 Å². The van der Waals surface area contributed by atoms with E-state index in [-0.39, 0.29) is 42.5 Å². The molecule has 0 aliphatic carbocycles. The first-order valence-corrected chi connectivity index (χ1v) is 21.0. The van der Waals surface area contributed by atoms with Gasteiger partial charge in [0.1, 0.15) is 30.6 Å². The zero-order valence-electron chi connectivity index (χ0n) is 37.4. The van der Waals surface area contributed by atoms with Crippen molar-refractivity contribution in [1.82, 2.24) is 77.1 Å². The van der Waals surface area contributed by atoms with Crippen molar-refractivity contribution < 1.29 is 38.2 Å². The first-order chi connectivity index (χ1) is 30.6. The van der Waals surface area contributed by atoms with Gasteiger partial charge in [0.15, 0.2) is 35.4 Å². The number of alkyl carbamates (subject to hydrolysis) is 2. The van der Waals surface area contributed by atoms with Crippen LogP contribution in [0.3, 0.4) is 0 Å². The summed E-state index contributed by atoms with van der Waals surface area (Å²) in [5, 5.41) is 53.0. The van der Waals surface area contributed by atoms with Gasteiger partial charge in [-0.05, 0) is 92.4 Å². The Hall–Kier alpha value is -6.28. The lowest BCUT2D eigenvalue weighted by Crippen LogP contribution is -2.29. The van der Waals surface area contributed by atoms with E-state index < -0.39 is 24.3 Å². The molecule has 0 radical (unpaired) electrons. The summed E-state index contributed by atoms with van der Waals surface area (Å²) >= 11 is 0. The van der Waals surface area contributed by atoms with Gasteiger partial charge < -0.3 is 42.6 Å². The average molecular weight is 901 g/mol. The van der Waals surface area contributed by atoms with Crippen molar-refractivity contribution in [2.24, 2.45) is 17.2 Å². The van der Waals surface area contributed by atoms with E-state index in [1.165, 1.54) is 27.1 Å². The number of nitrogens with zero attached hydrogens (tertiary/aromatic N) is 12. The fourth-order valence-electron chi connectivity index (χ4n) is 4.70. The van der Waals surface area contributed by atoms with Gasteiger partial charge in [-0.2, -0.15) is 0 Å². The Morgan fingerprint density at radius 3 is 1.22 bits per heavy atom. The van der Waals surface area contributed by atoms with Crippen molar-refractivity contribution in [1.29, 1.82) is 0 Å². The smallest absolute Gasteiger partial charge is 0.407 e. The van der Waals surface area contributed by atoms with Gasteiger partial charge >= 0.3 is 12.2 Å². The standard InChI is InChI=1S/C13H22N6O3.C13H22N6O2.C12H20N6O3/c1-9(20)11(14)5-3-4-7-15-13(21)22-8-6-12-18-16-10(2)17-19-12;1-9(20)11(14)5-3-4-8-15-13(21)7-6-12-18-16-10(2)17-19-12;1-9(19)10(13)4-2-3-6-14-12(20)21-7-5-11-17-15-8-16-18-11/h11H,3-8,14H2,1-2H3,(H,15,21);11H,3-8,14H2,1-2H3,(H,15,21);8,10H,2-7,13H2,1H3,(H,14,20). The van der Waals surface area contributed by atoms with Crippen LogP contribution in [0.15, 0.2) is 6.33 Å². The molecule has 354 valence electrons. The van der Waals surface area contributed by atoms with Crippen molar-refractivity contribution in [3.8, 4) is 0 Å². The SMILES string of the molecule is CC(=O)C(N)CCCCNC(=O)CCc1nnc(C)nn1.CC(=O)C(N)CCCCNC(=O)OCCc1nnc(C)nn1.CC(=O)C(N)CCCCNC(=O)OCCc1nncnn1. The largest absolute Gasteiger partial charge is 0.449 e. The Balaban J connectivity index is 0.000000480. The van der Waals surface area contributed by atoms with Gasteiger partial charge in [0.2, 0.25) is 5.91 Å². The van der Waals surface area contributed by atoms with Crippen LogP contribution in [0.1, 0.15) is 114 Å². The van der Waals surface area contributed by atoms with Crippen LogP contribution in [0.25, 0.3) is 0 Å². The zero-order chi connectivity index (χ0) is 47.5. The fourth-order valence-corrected chi connectivity index (χ4v) is 4.70. The number of carbonyl (C=O) groups excluding carboxylic acids is 6. The molecule has 0 aliphatic heterocycles. The van der Waals surface area contributed by atoms with Crippen LogP contribution >= 0.6 is 0 Å². The molecule has 0 fully saturated rings. The number of amides is 3. The minimum Gasteiger partial charge on any atom is -0.449 e. The summed E-state index contributed by atoms with van der Waals surface area (Å²) in [6, 6.07) is -1.21. The Morgan fingerprint density at radius 2 is 0.844 bits per heavy atom. The number of aromatic nitrogens is 12. The summed E-state index contributed by atoms with van der Waals surface area (Å²) in [7, 11) is 0. The van der Waals surface area contributed by atoms with Crippen LogP contribution in [0.4, 0.5) is 9.59 Å². The number of nitrogens with two attached hydrogens (primary N) is 3. The van der Waals surface area contributed by atoms with E-state index in [2.05, 4.69) is 77.1 Å². The molecule has 3 amide bonds. The molecule has 0 aliphatic rings. The summed E-state index contributed by atoms with van der Waals surface area (Å²) in [6.45, 7) is 9.69. The predicted octanol–water partition coefficient (Wildman–Crippen LogP) is -0.737. The van der Waals surface area contributed by atoms with E-state index in [4.69, 9.17) is 26.7 Å². The van der Waals surface area contributed by atoms with Gasteiger partial charge in [-0.1, -0.05) is 0 Å². The number of hydrogen-bond acceptors (Lipinski definition) is 23. The van der Waals surface area contributed by atoms with E-state index in [9.17, 15) is 28.8 Å². The van der Waals surface area contributed by atoms with Gasteiger partial charge in [-0.3, -0.25) is 19.2 Å². The van der Waals surface area contributed by atoms with Gasteiger partial charge in [0.05, 0.1) is 18.1 Å². The third-order valence-electron chi connectivity index (χ3n) is 8.64. The number of ether oxygens (including phenoxy) is 2. The number of unbranched alkanes of at least 4 members (excludes halogenated alkanes) is 3. The molecule has 3 atom stereocenters. The topological polar surface area (TPSA) is 390 Å². The summed E-state index contributed by atoms with van der Waals surface area (Å²) in [6.07, 6.45) is 8.23. The minimum absolute atomic E-state index is 0.000600. The Morgan fingerprint density at radius 1 is 0.500 bits per heavy atom. The third-order valence-corrected chi connectivity index (χ3v) is 8.64. The van der Waals surface area contributed by atoms with Gasteiger partial charge in [-0.15, -0.1) is 61.2 Å². The van der Waals surface area contributed by atoms with Crippen LogP contribution in [0.5, 0.6) is 0 Å². The Labute approximate surface area is 372 Å². The number of rotatable bonds is 27. The second kappa shape index (κ2) is 34.2. The summed E-state index contributed by atoms with van der Waals surface area (Å²) in [5.41, 5.74) is 16.8. The summed E-state index contributed by atoms with van der Waals surface area (Å²) in [5.74, 6) is 2.21. The number of nitrogens with one attached hydrogen (secondary N) is 3. The lowest BCUT2D eigenvalue weighted by Gasteiger charge is -2.08. The Bertz CT molecular complexity index is 1800. The molecule has 9 N–H and O–H groups in total. The predicted molar refractivity (Wildman–Crippen MR) is 227 cm³/mol. The van der Waals surface area contributed by atoms with Crippen molar-refractivity contribution in [3.63, 3.8) is 0 Å².